The lowest BCUT2D eigenvalue weighted by molar-refractivity contribution is 0.103. The molecule has 3 rings (SSSR count). The summed E-state index contributed by atoms with van der Waals surface area (Å²) >= 11 is 0. The van der Waals surface area contributed by atoms with Gasteiger partial charge >= 0.3 is 5.76 Å². The molecule has 0 fully saturated rings. The Labute approximate surface area is 111 Å². The first kappa shape index (κ1) is 12.2. The van der Waals surface area contributed by atoms with Gasteiger partial charge in [0.1, 0.15) is 5.82 Å². The molecule has 20 heavy (non-hydrogen) atoms. The number of hydrogen-bond acceptors (Lipinski definition) is 4. The van der Waals surface area contributed by atoms with Crippen LogP contribution in [0.4, 0.5) is 10.1 Å². The molecule has 3 N–H and O–H groups in total. The molecule has 3 aromatic rings. The van der Waals surface area contributed by atoms with E-state index < -0.39 is 11.6 Å². The molecule has 0 spiro atoms. The van der Waals surface area contributed by atoms with E-state index in [9.17, 15) is 14.0 Å². The van der Waals surface area contributed by atoms with Gasteiger partial charge in [0.15, 0.2) is 11.4 Å². The first-order chi connectivity index (χ1) is 9.54. The molecule has 0 saturated carbocycles. The molecule has 0 aliphatic rings. The summed E-state index contributed by atoms with van der Waals surface area (Å²) in [5, 5.41) is 0. The fourth-order valence-corrected chi connectivity index (χ4v) is 1.94. The lowest BCUT2D eigenvalue weighted by Gasteiger charge is -2.03. The summed E-state index contributed by atoms with van der Waals surface area (Å²) < 4.78 is 18.0. The van der Waals surface area contributed by atoms with Crippen LogP contribution in [0, 0.1) is 5.82 Å². The van der Waals surface area contributed by atoms with E-state index in [2.05, 4.69) is 4.98 Å². The second kappa shape index (κ2) is 4.34. The van der Waals surface area contributed by atoms with Gasteiger partial charge in [0.25, 0.3) is 0 Å². The van der Waals surface area contributed by atoms with Crippen LogP contribution in [0.25, 0.3) is 11.1 Å². The van der Waals surface area contributed by atoms with Crippen molar-refractivity contribution in [1.82, 2.24) is 4.98 Å². The van der Waals surface area contributed by atoms with E-state index in [1.165, 1.54) is 18.2 Å². The van der Waals surface area contributed by atoms with Crippen LogP contribution in [0.1, 0.15) is 15.9 Å². The van der Waals surface area contributed by atoms with Crippen LogP contribution in [0.5, 0.6) is 0 Å². The Balaban J connectivity index is 2.07. The fraction of sp³-hybridized carbons (Fsp3) is 0. The van der Waals surface area contributed by atoms with Gasteiger partial charge in [-0.2, -0.15) is 0 Å². The van der Waals surface area contributed by atoms with Crippen molar-refractivity contribution in [2.45, 2.75) is 0 Å². The minimum absolute atomic E-state index is 0.0925. The van der Waals surface area contributed by atoms with E-state index >= 15 is 0 Å². The number of oxazole rings is 1. The fourth-order valence-electron chi connectivity index (χ4n) is 1.94. The van der Waals surface area contributed by atoms with Crippen molar-refractivity contribution < 1.29 is 13.6 Å². The van der Waals surface area contributed by atoms with E-state index in [0.717, 1.165) is 6.07 Å². The van der Waals surface area contributed by atoms with E-state index in [4.69, 9.17) is 10.2 Å². The summed E-state index contributed by atoms with van der Waals surface area (Å²) in [5.41, 5.74) is 6.73. The number of nitrogen functional groups attached to an aromatic ring is 1. The van der Waals surface area contributed by atoms with Crippen molar-refractivity contribution in [3.63, 3.8) is 0 Å². The highest BCUT2D eigenvalue weighted by atomic mass is 19.1. The zero-order valence-corrected chi connectivity index (χ0v) is 10.1. The maximum atomic E-state index is 13.1. The molecule has 0 unspecified atom stereocenters. The van der Waals surface area contributed by atoms with E-state index in [-0.39, 0.29) is 22.6 Å². The number of ketones is 1. The number of H-pyrrole nitrogens is 1. The predicted molar refractivity (Wildman–Crippen MR) is 71.1 cm³/mol. The highest BCUT2D eigenvalue weighted by Crippen LogP contribution is 2.18. The summed E-state index contributed by atoms with van der Waals surface area (Å²) in [6, 6.07) is 8.34. The Bertz CT molecular complexity index is 880. The number of aromatic amines is 1. The van der Waals surface area contributed by atoms with Gasteiger partial charge in [-0.25, -0.2) is 9.18 Å². The van der Waals surface area contributed by atoms with Gasteiger partial charge in [-0.15, -0.1) is 0 Å². The third-order valence-electron chi connectivity index (χ3n) is 2.94. The molecule has 0 amide bonds. The average molecular weight is 272 g/mol. The van der Waals surface area contributed by atoms with E-state index in [1.807, 2.05) is 0 Å². The van der Waals surface area contributed by atoms with Crippen LogP contribution >= 0.6 is 0 Å². The molecule has 0 aliphatic carbocycles. The monoisotopic (exact) mass is 272 g/mol. The van der Waals surface area contributed by atoms with Crippen LogP contribution in [0.15, 0.2) is 45.6 Å². The number of rotatable bonds is 2. The van der Waals surface area contributed by atoms with Gasteiger partial charge in [0.05, 0.1) is 11.2 Å². The lowest BCUT2D eigenvalue weighted by atomic mass is 10.0. The second-order valence-electron chi connectivity index (χ2n) is 4.29. The maximum Gasteiger partial charge on any atom is 0.417 e. The Morgan fingerprint density at radius 1 is 1.15 bits per heavy atom. The van der Waals surface area contributed by atoms with Crippen molar-refractivity contribution in [3.05, 3.63) is 63.9 Å². The standard InChI is InChI=1S/C14H9FN2O3/c15-9-3-1-7(5-10(9)16)13(18)8-2-4-11-12(6-8)20-14(19)17-11/h1-6H,16H2,(H,17,19). The number of carbonyl (C=O) groups is 1. The van der Waals surface area contributed by atoms with E-state index in [0.29, 0.717) is 11.1 Å². The molecule has 0 aliphatic heterocycles. The smallest absolute Gasteiger partial charge is 0.408 e. The largest absolute Gasteiger partial charge is 0.417 e. The molecule has 0 saturated heterocycles. The van der Waals surface area contributed by atoms with Crippen molar-refractivity contribution in [1.29, 1.82) is 0 Å². The average Bonchev–Trinajstić information content (AvgIpc) is 2.80. The summed E-state index contributed by atoms with van der Waals surface area (Å²) in [6.07, 6.45) is 0. The highest BCUT2D eigenvalue weighted by Gasteiger charge is 2.13. The van der Waals surface area contributed by atoms with Crippen molar-refractivity contribution in [2.75, 3.05) is 5.73 Å². The number of nitrogens with two attached hydrogens (primary N) is 1. The Morgan fingerprint density at radius 3 is 2.60 bits per heavy atom. The topological polar surface area (TPSA) is 89.1 Å². The predicted octanol–water partition coefficient (Wildman–Crippen LogP) is 2.07. The lowest BCUT2D eigenvalue weighted by Crippen LogP contribution is -2.03. The third-order valence-corrected chi connectivity index (χ3v) is 2.94. The molecular weight excluding hydrogens is 263 g/mol. The molecule has 1 aromatic heterocycles. The van der Waals surface area contributed by atoms with Gasteiger partial charge in [-0.3, -0.25) is 9.78 Å². The van der Waals surface area contributed by atoms with Crippen LogP contribution < -0.4 is 11.5 Å². The molecule has 0 atom stereocenters. The molecule has 2 aromatic carbocycles. The number of anilines is 1. The second-order valence-corrected chi connectivity index (χ2v) is 4.29. The normalized spacial score (nSPS) is 10.8. The van der Waals surface area contributed by atoms with Crippen LogP contribution in [-0.4, -0.2) is 10.8 Å². The molecule has 1 heterocycles. The highest BCUT2D eigenvalue weighted by molar-refractivity contribution is 6.10. The maximum absolute atomic E-state index is 13.1. The molecule has 5 nitrogen and oxygen atoms in total. The Hall–Kier alpha value is -2.89. The molecule has 6 heteroatoms. The first-order valence-corrected chi connectivity index (χ1v) is 5.77. The number of hydrogen-bond donors (Lipinski definition) is 2. The zero-order chi connectivity index (χ0) is 14.3. The molecular formula is C14H9FN2O3. The summed E-state index contributed by atoms with van der Waals surface area (Å²) in [7, 11) is 0. The third kappa shape index (κ3) is 1.97. The number of carbonyl (C=O) groups excluding carboxylic acids is 1. The summed E-state index contributed by atoms with van der Waals surface area (Å²) in [5.74, 6) is -1.49. The SMILES string of the molecule is Nc1cc(C(=O)c2ccc3[nH]c(=O)oc3c2)ccc1F. The number of aromatic nitrogens is 1. The van der Waals surface area contributed by atoms with Gasteiger partial charge in [0, 0.05) is 11.1 Å². The van der Waals surface area contributed by atoms with Crippen LogP contribution in [-0.2, 0) is 0 Å². The van der Waals surface area contributed by atoms with Crippen molar-refractivity contribution >= 4 is 22.6 Å². The molecule has 100 valence electrons. The Morgan fingerprint density at radius 2 is 1.85 bits per heavy atom. The van der Waals surface area contributed by atoms with Crippen LogP contribution in [0.2, 0.25) is 0 Å². The molecule has 0 bridgehead atoms. The van der Waals surface area contributed by atoms with Crippen molar-refractivity contribution in [3.8, 4) is 0 Å². The quantitative estimate of drug-likeness (QED) is 0.552. The Kier molecular flexibility index (Phi) is 2.64. The first-order valence-electron chi connectivity index (χ1n) is 5.77. The minimum atomic E-state index is -0.587. The van der Waals surface area contributed by atoms with E-state index in [1.54, 1.807) is 12.1 Å². The van der Waals surface area contributed by atoms with Crippen molar-refractivity contribution in [2.24, 2.45) is 0 Å². The minimum Gasteiger partial charge on any atom is -0.408 e. The summed E-state index contributed by atoms with van der Waals surface area (Å²) in [4.78, 5) is 25.8. The molecule has 0 radical (unpaired) electrons. The van der Waals surface area contributed by atoms with Gasteiger partial charge in [0.2, 0.25) is 0 Å². The van der Waals surface area contributed by atoms with Gasteiger partial charge in [-0.05, 0) is 36.4 Å². The van der Waals surface area contributed by atoms with Gasteiger partial charge < -0.3 is 10.2 Å². The van der Waals surface area contributed by atoms with Gasteiger partial charge in [-0.1, -0.05) is 0 Å². The zero-order valence-electron chi connectivity index (χ0n) is 10.1. The summed E-state index contributed by atoms with van der Waals surface area (Å²) in [6.45, 7) is 0. The number of fused-ring (bicyclic) bond motifs is 1. The number of benzene rings is 2. The number of halogens is 1. The number of nitrogens with one attached hydrogen (secondary N) is 1. The van der Waals surface area contributed by atoms with Crippen LogP contribution in [0.3, 0.4) is 0 Å².